The standard InChI is InChI=1S/C12H30N2O4P2S2/c1-11(2,19(13,15)16)5-7-21-9-10-22-8-6-12(3,4)20(14,17)18/h5-10H2,1-4H3,(H3,13,15,16)(H3,14,17,18). The second-order valence-corrected chi connectivity index (χ2v) is 14.0. The second-order valence-electron chi connectivity index (χ2n) is 6.60. The molecule has 2 atom stereocenters. The molecule has 6 N–H and O–H groups in total. The quantitative estimate of drug-likeness (QED) is 0.312. The molecule has 0 aliphatic heterocycles. The zero-order valence-electron chi connectivity index (χ0n) is 13.8. The van der Waals surface area contributed by atoms with Crippen LogP contribution in [-0.4, -0.2) is 43.1 Å². The Labute approximate surface area is 142 Å². The third kappa shape index (κ3) is 8.20. The lowest BCUT2D eigenvalue weighted by Crippen LogP contribution is -2.25. The SMILES string of the molecule is CC(C)(CCSCCSCCC(C)(C)P(N)(=O)O)P(N)(=O)O. The lowest BCUT2D eigenvalue weighted by atomic mass is 10.1. The highest BCUT2D eigenvalue weighted by atomic mass is 32.2. The second kappa shape index (κ2) is 8.91. The van der Waals surface area contributed by atoms with E-state index < -0.39 is 25.4 Å². The molecule has 0 aromatic carbocycles. The molecule has 0 aromatic rings. The Hall–Kier alpha value is 1.000. The molecule has 0 aliphatic carbocycles. The van der Waals surface area contributed by atoms with Gasteiger partial charge in [-0.3, -0.25) is 20.1 Å². The first-order valence-electron chi connectivity index (χ1n) is 7.09. The van der Waals surface area contributed by atoms with Gasteiger partial charge in [0.1, 0.15) is 0 Å². The topological polar surface area (TPSA) is 127 Å². The molecule has 0 radical (unpaired) electrons. The molecule has 0 aliphatic rings. The van der Waals surface area contributed by atoms with Crippen molar-refractivity contribution in [1.82, 2.24) is 0 Å². The number of rotatable bonds is 11. The molecule has 6 nitrogen and oxygen atoms in total. The molecule has 0 spiro atoms. The molecule has 10 heteroatoms. The molecule has 2 unspecified atom stereocenters. The predicted molar refractivity (Wildman–Crippen MR) is 100 cm³/mol. The molecule has 0 heterocycles. The van der Waals surface area contributed by atoms with E-state index >= 15 is 0 Å². The van der Waals surface area contributed by atoms with Crippen LogP contribution in [0.1, 0.15) is 40.5 Å². The van der Waals surface area contributed by atoms with Gasteiger partial charge in [0, 0.05) is 11.5 Å². The first-order chi connectivity index (χ1) is 9.71. The molecule has 0 saturated heterocycles. The van der Waals surface area contributed by atoms with Crippen molar-refractivity contribution in [3.05, 3.63) is 0 Å². The van der Waals surface area contributed by atoms with E-state index in [1.807, 2.05) is 0 Å². The lowest BCUT2D eigenvalue weighted by molar-refractivity contribution is 0.433. The lowest BCUT2D eigenvalue weighted by Gasteiger charge is -2.27. The van der Waals surface area contributed by atoms with Crippen LogP contribution in [0, 0.1) is 0 Å². The van der Waals surface area contributed by atoms with Crippen molar-refractivity contribution in [3.8, 4) is 0 Å². The van der Waals surface area contributed by atoms with Crippen LogP contribution >= 0.6 is 38.6 Å². The van der Waals surface area contributed by atoms with Gasteiger partial charge in [0.05, 0.1) is 10.3 Å². The van der Waals surface area contributed by atoms with E-state index in [4.69, 9.17) is 11.0 Å². The van der Waals surface area contributed by atoms with Crippen LogP contribution in [0.4, 0.5) is 0 Å². The van der Waals surface area contributed by atoms with Crippen LogP contribution in [0.2, 0.25) is 0 Å². The summed E-state index contributed by atoms with van der Waals surface area (Å²) >= 11 is 3.44. The van der Waals surface area contributed by atoms with Gasteiger partial charge in [-0.15, -0.1) is 0 Å². The van der Waals surface area contributed by atoms with E-state index in [-0.39, 0.29) is 0 Å². The fourth-order valence-electron chi connectivity index (χ4n) is 1.29. The largest absolute Gasteiger partial charge is 0.333 e. The Bertz CT molecular complexity index is 395. The van der Waals surface area contributed by atoms with Crippen LogP contribution in [0.15, 0.2) is 0 Å². The summed E-state index contributed by atoms with van der Waals surface area (Å²) in [6.45, 7) is 6.85. The molecule has 0 amide bonds. The summed E-state index contributed by atoms with van der Waals surface area (Å²) in [7, 11) is -7.10. The Balaban J connectivity index is 3.77. The van der Waals surface area contributed by atoms with Gasteiger partial charge in [0.15, 0.2) is 0 Å². The summed E-state index contributed by atoms with van der Waals surface area (Å²) in [6.07, 6.45) is 1.20. The monoisotopic (exact) mass is 392 g/mol. The maximum atomic E-state index is 11.5. The van der Waals surface area contributed by atoms with E-state index in [2.05, 4.69) is 0 Å². The van der Waals surface area contributed by atoms with Gasteiger partial charge in [-0.2, -0.15) is 23.5 Å². The minimum Gasteiger partial charge on any atom is -0.333 e. The van der Waals surface area contributed by atoms with E-state index in [9.17, 15) is 18.9 Å². The van der Waals surface area contributed by atoms with Crippen molar-refractivity contribution in [2.75, 3.05) is 23.0 Å². The normalized spacial score (nSPS) is 18.7. The highest BCUT2D eigenvalue weighted by Gasteiger charge is 2.35. The Morgan fingerprint density at radius 2 is 1.05 bits per heavy atom. The Kier molecular flexibility index (Phi) is 9.31. The highest BCUT2D eigenvalue weighted by Crippen LogP contribution is 2.49. The van der Waals surface area contributed by atoms with Crippen molar-refractivity contribution in [1.29, 1.82) is 0 Å². The van der Waals surface area contributed by atoms with Crippen molar-refractivity contribution >= 4 is 38.6 Å². The van der Waals surface area contributed by atoms with Crippen molar-refractivity contribution in [2.45, 2.75) is 50.8 Å². The van der Waals surface area contributed by atoms with E-state index in [0.717, 1.165) is 23.0 Å². The highest BCUT2D eigenvalue weighted by molar-refractivity contribution is 8.02. The Morgan fingerprint density at radius 1 is 0.773 bits per heavy atom. The van der Waals surface area contributed by atoms with Gasteiger partial charge in [-0.05, 0) is 52.0 Å². The third-order valence-corrected chi connectivity index (χ3v) is 9.97. The molecule has 22 heavy (non-hydrogen) atoms. The van der Waals surface area contributed by atoms with Crippen LogP contribution < -0.4 is 11.0 Å². The predicted octanol–water partition coefficient (Wildman–Crippen LogP) is 3.08. The van der Waals surface area contributed by atoms with Gasteiger partial charge in [0.25, 0.3) is 15.0 Å². The molecule has 134 valence electrons. The summed E-state index contributed by atoms with van der Waals surface area (Å²) < 4.78 is 23.0. The van der Waals surface area contributed by atoms with E-state index in [0.29, 0.717) is 12.8 Å². The summed E-state index contributed by atoms with van der Waals surface area (Å²) in [5, 5.41) is -1.50. The Morgan fingerprint density at radius 3 is 1.27 bits per heavy atom. The third-order valence-electron chi connectivity index (χ3n) is 3.82. The fraction of sp³-hybridized carbons (Fsp3) is 1.00. The first kappa shape index (κ1) is 23.0. The van der Waals surface area contributed by atoms with Crippen LogP contribution in [0.5, 0.6) is 0 Å². The molecule has 0 bridgehead atoms. The summed E-state index contributed by atoms with van der Waals surface area (Å²) in [6, 6.07) is 0. The first-order valence-corrected chi connectivity index (χ1v) is 12.9. The summed E-state index contributed by atoms with van der Waals surface area (Å²) in [5.41, 5.74) is 10.6. The zero-order valence-corrected chi connectivity index (χ0v) is 17.2. The van der Waals surface area contributed by atoms with Crippen molar-refractivity contribution < 1.29 is 18.9 Å². The van der Waals surface area contributed by atoms with E-state index in [1.54, 1.807) is 51.2 Å². The maximum Gasteiger partial charge on any atom is 0.270 e. The van der Waals surface area contributed by atoms with Crippen LogP contribution in [-0.2, 0) is 9.13 Å². The van der Waals surface area contributed by atoms with Gasteiger partial charge in [-0.25, -0.2) is 0 Å². The molecule has 0 aromatic heterocycles. The average molecular weight is 392 g/mol. The number of hydrogen-bond acceptors (Lipinski definition) is 4. The molecule has 0 rings (SSSR count). The van der Waals surface area contributed by atoms with Gasteiger partial charge < -0.3 is 9.79 Å². The minimum absolute atomic E-state index is 0.598. The maximum absolute atomic E-state index is 11.5. The summed E-state index contributed by atoms with van der Waals surface area (Å²) in [4.78, 5) is 18.9. The van der Waals surface area contributed by atoms with Gasteiger partial charge in [-0.1, -0.05) is 0 Å². The molecule has 0 saturated carbocycles. The average Bonchev–Trinajstić information content (AvgIpc) is 2.29. The molecule has 0 fully saturated rings. The fourth-order valence-corrected chi connectivity index (χ4v) is 5.11. The molecular weight excluding hydrogens is 362 g/mol. The zero-order chi connectivity index (χ0) is 17.7. The van der Waals surface area contributed by atoms with E-state index in [1.165, 1.54) is 0 Å². The van der Waals surface area contributed by atoms with Crippen molar-refractivity contribution in [3.63, 3.8) is 0 Å². The number of nitrogens with two attached hydrogens (primary N) is 2. The van der Waals surface area contributed by atoms with Gasteiger partial charge in [0.2, 0.25) is 0 Å². The van der Waals surface area contributed by atoms with Crippen LogP contribution in [0.3, 0.4) is 0 Å². The minimum atomic E-state index is -3.55. The smallest absolute Gasteiger partial charge is 0.270 e. The molecular formula is C12H30N2O4P2S2. The number of thioether (sulfide) groups is 2. The number of hydrogen-bond donors (Lipinski definition) is 4. The van der Waals surface area contributed by atoms with Gasteiger partial charge >= 0.3 is 0 Å². The van der Waals surface area contributed by atoms with Crippen LogP contribution in [0.25, 0.3) is 0 Å². The van der Waals surface area contributed by atoms with Crippen molar-refractivity contribution in [2.24, 2.45) is 11.0 Å². The summed E-state index contributed by atoms with van der Waals surface area (Å²) in [5.74, 6) is 3.44.